The van der Waals surface area contributed by atoms with E-state index in [4.69, 9.17) is 5.73 Å². The quantitative estimate of drug-likeness (QED) is 0.529. The first kappa shape index (κ1) is 13.3. The average Bonchev–Trinajstić information content (AvgIpc) is 2.34. The first-order valence-corrected chi connectivity index (χ1v) is 6.80. The smallest absolute Gasteiger partial charge is 0.293 e. The van der Waals surface area contributed by atoms with Crippen LogP contribution in [0.5, 0.6) is 0 Å². The first-order valence-electron chi connectivity index (χ1n) is 6.01. The van der Waals surface area contributed by atoms with Crippen LogP contribution >= 0.6 is 15.9 Å². The van der Waals surface area contributed by atoms with Gasteiger partial charge in [0, 0.05) is 23.6 Å². The Morgan fingerprint density at radius 2 is 2.28 bits per heavy atom. The molecule has 18 heavy (non-hydrogen) atoms. The molecule has 0 radical (unpaired) electrons. The van der Waals surface area contributed by atoms with E-state index in [9.17, 15) is 10.1 Å². The van der Waals surface area contributed by atoms with E-state index in [-0.39, 0.29) is 5.69 Å². The van der Waals surface area contributed by atoms with Gasteiger partial charge in [-0.15, -0.1) is 0 Å². The molecule has 0 saturated carbocycles. The summed E-state index contributed by atoms with van der Waals surface area (Å²) in [4.78, 5) is 12.8. The van der Waals surface area contributed by atoms with Crippen molar-refractivity contribution in [2.45, 2.75) is 26.3 Å². The Kier molecular flexibility index (Phi) is 3.87. The summed E-state index contributed by atoms with van der Waals surface area (Å²) < 4.78 is 0.791. The van der Waals surface area contributed by atoms with Gasteiger partial charge >= 0.3 is 0 Å². The summed E-state index contributed by atoms with van der Waals surface area (Å²) in [7, 11) is 0. The Balaban J connectivity index is 2.42. The summed E-state index contributed by atoms with van der Waals surface area (Å²) in [6.07, 6.45) is 1.89. The highest BCUT2D eigenvalue weighted by atomic mass is 79.9. The van der Waals surface area contributed by atoms with Gasteiger partial charge in [-0.25, -0.2) is 0 Å². The van der Waals surface area contributed by atoms with Gasteiger partial charge in [0.05, 0.1) is 4.92 Å². The number of anilines is 1. The van der Waals surface area contributed by atoms with Crippen LogP contribution < -0.4 is 5.73 Å². The number of nitro benzene ring substituents is 1. The van der Waals surface area contributed by atoms with E-state index in [0.717, 1.165) is 48.1 Å². The van der Waals surface area contributed by atoms with Crippen molar-refractivity contribution in [3.8, 4) is 0 Å². The van der Waals surface area contributed by atoms with Crippen LogP contribution in [0.4, 0.5) is 11.4 Å². The fourth-order valence-corrected chi connectivity index (χ4v) is 3.01. The second kappa shape index (κ2) is 5.24. The Labute approximate surface area is 114 Å². The van der Waals surface area contributed by atoms with Crippen LogP contribution in [0.25, 0.3) is 0 Å². The zero-order valence-electron chi connectivity index (χ0n) is 10.3. The zero-order valence-corrected chi connectivity index (χ0v) is 11.9. The van der Waals surface area contributed by atoms with Crippen molar-refractivity contribution in [2.75, 3.05) is 18.8 Å². The van der Waals surface area contributed by atoms with Gasteiger partial charge in [-0.05, 0) is 30.5 Å². The van der Waals surface area contributed by atoms with E-state index in [0.29, 0.717) is 5.69 Å². The van der Waals surface area contributed by atoms with E-state index in [2.05, 4.69) is 27.8 Å². The molecule has 0 aliphatic carbocycles. The number of halogens is 1. The molecule has 0 atom stereocenters. The minimum absolute atomic E-state index is 0.00423. The molecule has 1 heterocycles. The predicted octanol–water partition coefficient (Wildman–Crippen LogP) is 2.71. The second-order valence-corrected chi connectivity index (χ2v) is 5.39. The van der Waals surface area contributed by atoms with Gasteiger partial charge in [0.2, 0.25) is 0 Å². The lowest BCUT2D eigenvalue weighted by Crippen LogP contribution is -2.32. The maximum atomic E-state index is 10.9. The van der Waals surface area contributed by atoms with Crippen LogP contribution in [-0.2, 0) is 13.0 Å². The predicted molar refractivity (Wildman–Crippen MR) is 74.5 cm³/mol. The number of fused-ring (bicyclic) bond motifs is 1. The number of hydrogen-bond donors (Lipinski definition) is 1. The lowest BCUT2D eigenvalue weighted by Gasteiger charge is -2.29. The van der Waals surface area contributed by atoms with Gasteiger partial charge in [0.25, 0.3) is 5.69 Å². The van der Waals surface area contributed by atoms with Gasteiger partial charge in [-0.1, -0.05) is 22.9 Å². The maximum Gasteiger partial charge on any atom is 0.293 e. The summed E-state index contributed by atoms with van der Waals surface area (Å²) in [5.74, 6) is 0. The van der Waals surface area contributed by atoms with E-state index in [1.54, 1.807) is 0 Å². The standard InChI is InChI=1S/C12H16BrN3O2/c1-2-4-15-5-3-8-9(7-15)10(13)6-11(12(8)14)16(17)18/h6H,2-5,7,14H2,1H3. The molecular formula is C12H16BrN3O2. The molecule has 2 rings (SSSR count). The molecule has 2 N–H and O–H groups in total. The largest absolute Gasteiger partial charge is 0.393 e. The van der Waals surface area contributed by atoms with Crippen LogP contribution in [0.15, 0.2) is 10.5 Å². The highest BCUT2D eigenvalue weighted by Crippen LogP contribution is 2.37. The number of hydrogen-bond acceptors (Lipinski definition) is 4. The Hall–Kier alpha value is -1.14. The van der Waals surface area contributed by atoms with E-state index in [1.165, 1.54) is 6.07 Å². The monoisotopic (exact) mass is 313 g/mol. The second-order valence-electron chi connectivity index (χ2n) is 4.53. The third kappa shape index (κ3) is 2.35. The number of nitrogen functional groups attached to an aromatic ring is 1. The van der Waals surface area contributed by atoms with E-state index < -0.39 is 4.92 Å². The molecular weight excluding hydrogens is 298 g/mol. The molecule has 0 unspecified atom stereocenters. The van der Waals surface area contributed by atoms with Crippen molar-refractivity contribution < 1.29 is 4.92 Å². The van der Waals surface area contributed by atoms with Crippen LogP contribution in [0.2, 0.25) is 0 Å². The number of rotatable bonds is 3. The van der Waals surface area contributed by atoms with Gasteiger partial charge in [0.15, 0.2) is 0 Å². The van der Waals surface area contributed by atoms with E-state index in [1.807, 2.05) is 0 Å². The lowest BCUT2D eigenvalue weighted by molar-refractivity contribution is -0.384. The molecule has 98 valence electrons. The number of benzene rings is 1. The molecule has 0 aromatic heterocycles. The van der Waals surface area contributed by atoms with Crippen molar-refractivity contribution in [3.05, 3.63) is 31.8 Å². The van der Waals surface area contributed by atoms with Crippen molar-refractivity contribution in [2.24, 2.45) is 0 Å². The molecule has 0 saturated heterocycles. The fourth-order valence-electron chi connectivity index (χ4n) is 2.43. The molecule has 1 aliphatic heterocycles. The number of nitro groups is 1. The van der Waals surface area contributed by atoms with Gasteiger partial charge < -0.3 is 5.73 Å². The number of nitrogens with zero attached hydrogens (tertiary/aromatic N) is 2. The molecule has 1 aliphatic rings. The van der Waals surface area contributed by atoms with Crippen LogP contribution in [0.3, 0.4) is 0 Å². The van der Waals surface area contributed by atoms with Crippen molar-refractivity contribution >= 4 is 27.3 Å². The number of nitrogens with two attached hydrogens (primary N) is 1. The maximum absolute atomic E-state index is 10.9. The van der Waals surface area contributed by atoms with Crippen LogP contribution in [0, 0.1) is 10.1 Å². The third-order valence-electron chi connectivity index (χ3n) is 3.31. The summed E-state index contributed by atoms with van der Waals surface area (Å²) in [5.41, 5.74) is 8.27. The first-order chi connectivity index (χ1) is 8.54. The highest BCUT2D eigenvalue weighted by Gasteiger charge is 2.25. The Morgan fingerprint density at radius 1 is 1.56 bits per heavy atom. The minimum Gasteiger partial charge on any atom is -0.393 e. The van der Waals surface area contributed by atoms with Gasteiger partial charge in [0.1, 0.15) is 5.69 Å². The molecule has 1 aromatic rings. The van der Waals surface area contributed by atoms with Crippen molar-refractivity contribution in [1.29, 1.82) is 0 Å². The summed E-state index contributed by atoms with van der Waals surface area (Å²) >= 11 is 3.43. The molecule has 0 amide bonds. The van der Waals surface area contributed by atoms with Crippen LogP contribution in [-0.4, -0.2) is 22.9 Å². The normalized spacial score (nSPS) is 15.4. The molecule has 0 bridgehead atoms. The molecule has 1 aromatic carbocycles. The summed E-state index contributed by atoms with van der Waals surface area (Å²) in [5, 5.41) is 10.9. The van der Waals surface area contributed by atoms with Crippen molar-refractivity contribution in [3.63, 3.8) is 0 Å². The van der Waals surface area contributed by atoms with Gasteiger partial charge in [-0.2, -0.15) is 0 Å². The molecule has 5 nitrogen and oxygen atoms in total. The fraction of sp³-hybridized carbons (Fsp3) is 0.500. The third-order valence-corrected chi connectivity index (χ3v) is 4.02. The topological polar surface area (TPSA) is 72.4 Å². The molecule has 6 heteroatoms. The average molecular weight is 314 g/mol. The lowest BCUT2D eigenvalue weighted by atomic mass is 9.97. The summed E-state index contributed by atoms with van der Waals surface area (Å²) in [6.45, 7) is 4.92. The SMILES string of the molecule is CCCN1CCc2c(N)c([N+](=O)[O-])cc(Br)c2C1. The zero-order chi connectivity index (χ0) is 13.3. The Bertz CT molecular complexity index is 491. The highest BCUT2D eigenvalue weighted by molar-refractivity contribution is 9.10. The molecule has 0 fully saturated rings. The summed E-state index contributed by atoms with van der Waals surface area (Å²) in [6, 6.07) is 1.52. The van der Waals surface area contributed by atoms with E-state index >= 15 is 0 Å². The van der Waals surface area contributed by atoms with Gasteiger partial charge in [-0.3, -0.25) is 15.0 Å². The Morgan fingerprint density at radius 3 is 2.89 bits per heavy atom. The van der Waals surface area contributed by atoms with Crippen molar-refractivity contribution in [1.82, 2.24) is 4.90 Å². The minimum atomic E-state index is -0.418. The van der Waals surface area contributed by atoms with Crippen LogP contribution in [0.1, 0.15) is 24.5 Å². The molecule has 0 spiro atoms.